The van der Waals surface area contributed by atoms with Gasteiger partial charge in [-0.05, 0) is 25.0 Å². The molecule has 1 heterocycles. The molecule has 1 saturated heterocycles. The standard InChI is InChI=1S/C17H20N2O5S/c1-2-10-18-16(20)13-24-17(21)14-8-4-5-9-15(14)25(22,23)19-11-6-3-7-12-19/h1,4-5,8-9H,3,6-7,10-13H2,(H,18,20). The van der Waals surface area contributed by atoms with Gasteiger partial charge in [0.1, 0.15) is 0 Å². The Labute approximate surface area is 147 Å². The number of nitrogens with one attached hydrogen (secondary N) is 1. The van der Waals surface area contributed by atoms with Crippen molar-refractivity contribution in [2.45, 2.75) is 24.2 Å². The van der Waals surface area contributed by atoms with Crippen molar-refractivity contribution in [2.24, 2.45) is 0 Å². The van der Waals surface area contributed by atoms with E-state index in [9.17, 15) is 18.0 Å². The van der Waals surface area contributed by atoms with Crippen molar-refractivity contribution in [3.63, 3.8) is 0 Å². The number of hydrogen-bond donors (Lipinski definition) is 1. The molecule has 0 unspecified atom stereocenters. The van der Waals surface area contributed by atoms with Crippen LogP contribution < -0.4 is 5.32 Å². The van der Waals surface area contributed by atoms with Crippen LogP contribution in [0.2, 0.25) is 0 Å². The van der Waals surface area contributed by atoms with E-state index in [-0.39, 0.29) is 17.0 Å². The third kappa shape index (κ3) is 4.81. The predicted molar refractivity (Wildman–Crippen MR) is 91.2 cm³/mol. The predicted octanol–water partition coefficient (Wildman–Crippen LogP) is 0.767. The number of hydrogen-bond acceptors (Lipinski definition) is 5. The van der Waals surface area contributed by atoms with E-state index in [0.29, 0.717) is 13.1 Å². The highest BCUT2D eigenvalue weighted by atomic mass is 32.2. The summed E-state index contributed by atoms with van der Waals surface area (Å²) in [6, 6.07) is 5.84. The number of ether oxygens (including phenoxy) is 1. The molecule has 0 aliphatic carbocycles. The molecule has 0 aromatic heterocycles. The SMILES string of the molecule is C#CCNC(=O)COC(=O)c1ccccc1S(=O)(=O)N1CCCCC1. The van der Waals surface area contributed by atoms with Gasteiger partial charge in [-0.2, -0.15) is 4.31 Å². The van der Waals surface area contributed by atoms with Crippen LogP contribution in [0.5, 0.6) is 0 Å². The summed E-state index contributed by atoms with van der Waals surface area (Å²) >= 11 is 0. The first-order chi connectivity index (χ1) is 12.0. The zero-order chi connectivity index (χ0) is 18.3. The molecular weight excluding hydrogens is 344 g/mol. The van der Waals surface area contributed by atoms with Crippen molar-refractivity contribution in [1.29, 1.82) is 0 Å². The first-order valence-electron chi connectivity index (χ1n) is 7.93. The fourth-order valence-electron chi connectivity index (χ4n) is 2.51. The summed E-state index contributed by atoms with van der Waals surface area (Å²) in [5.74, 6) is 0.804. The fourth-order valence-corrected chi connectivity index (χ4v) is 4.21. The third-order valence-corrected chi connectivity index (χ3v) is 5.72. The average molecular weight is 364 g/mol. The van der Waals surface area contributed by atoms with Crippen LogP contribution in [-0.2, 0) is 19.6 Å². The molecule has 1 amide bonds. The molecule has 0 atom stereocenters. The fraction of sp³-hybridized carbons (Fsp3) is 0.412. The monoisotopic (exact) mass is 364 g/mol. The number of amides is 1. The summed E-state index contributed by atoms with van der Waals surface area (Å²) in [6.45, 7) is 0.356. The molecule has 25 heavy (non-hydrogen) atoms. The first kappa shape index (κ1) is 19.0. The minimum atomic E-state index is -3.79. The molecule has 0 radical (unpaired) electrons. The smallest absolute Gasteiger partial charge is 0.340 e. The highest BCUT2D eigenvalue weighted by molar-refractivity contribution is 7.89. The molecule has 0 bridgehead atoms. The van der Waals surface area contributed by atoms with Crippen LogP contribution in [0.1, 0.15) is 29.6 Å². The lowest BCUT2D eigenvalue weighted by atomic mass is 10.2. The number of benzene rings is 1. The first-order valence-corrected chi connectivity index (χ1v) is 9.37. The topological polar surface area (TPSA) is 92.8 Å². The largest absolute Gasteiger partial charge is 0.452 e. The van der Waals surface area contributed by atoms with Gasteiger partial charge in [0.25, 0.3) is 5.91 Å². The van der Waals surface area contributed by atoms with E-state index in [1.807, 2.05) is 0 Å². The van der Waals surface area contributed by atoms with Gasteiger partial charge < -0.3 is 10.1 Å². The van der Waals surface area contributed by atoms with Gasteiger partial charge in [-0.1, -0.05) is 24.5 Å². The van der Waals surface area contributed by atoms with Crippen molar-refractivity contribution in [1.82, 2.24) is 9.62 Å². The Morgan fingerprint density at radius 1 is 1.20 bits per heavy atom. The van der Waals surface area contributed by atoms with Gasteiger partial charge in [0, 0.05) is 13.1 Å². The van der Waals surface area contributed by atoms with Crippen molar-refractivity contribution < 1.29 is 22.7 Å². The van der Waals surface area contributed by atoms with Crippen LogP contribution in [0, 0.1) is 12.3 Å². The quantitative estimate of drug-likeness (QED) is 0.594. The van der Waals surface area contributed by atoms with E-state index >= 15 is 0 Å². The van der Waals surface area contributed by atoms with Gasteiger partial charge in [0.05, 0.1) is 17.0 Å². The molecule has 0 spiro atoms. The van der Waals surface area contributed by atoms with Gasteiger partial charge in [-0.25, -0.2) is 13.2 Å². The molecule has 1 N–H and O–H groups in total. The number of carbonyl (C=O) groups is 2. The highest BCUT2D eigenvalue weighted by Crippen LogP contribution is 2.24. The van der Waals surface area contributed by atoms with Gasteiger partial charge >= 0.3 is 5.97 Å². The van der Waals surface area contributed by atoms with Crippen molar-refractivity contribution >= 4 is 21.9 Å². The van der Waals surface area contributed by atoms with E-state index in [0.717, 1.165) is 19.3 Å². The zero-order valence-electron chi connectivity index (χ0n) is 13.7. The van der Waals surface area contributed by atoms with Gasteiger partial charge in [-0.15, -0.1) is 6.42 Å². The van der Waals surface area contributed by atoms with E-state index in [1.54, 1.807) is 12.1 Å². The van der Waals surface area contributed by atoms with Gasteiger partial charge in [0.15, 0.2) is 6.61 Å². The van der Waals surface area contributed by atoms with Crippen molar-refractivity contribution in [2.75, 3.05) is 26.2 Å². The zero-order valence-corrected chi connectivity index (χ0v) is 14.5. The number of rotatable bonds is 6. The lowest BCUT2D eigenvalue weighted by Crippen LogP contribution is -2.36. The minimum absolute atomic E-state index is 0.0241. The highest BCUT2D eigenvalue weighted by Gasteiger charge is 2.30. The Kier molecular flexibility index (Phi) is 6.56. The summed E-state index contributed by atoms with van der Waals surface area (Å²) in [5, 5.41) is 2.36. The number of piperidine rings is 1. The van der Waals surface area contributed by atoms with Crippen LogP contribution in [0.15, 0.2) is 29.2 Å². The molecule has 134 valence electrons. The third-order valence-electron chi connectivity index (χ3n) is 3.76. The number of carbonyl (C=O) groups excluding carboxylic acids is 2. The van der Waals surface area contributed by atoms with E-state index in [4.69, 9.17) is 11.2 Å². The minimum Gasteiger partial charge on any atom is -0.452 e. The number of esters is 1. The van der Waals surface area contributed by atoms with Crippen LogP contribution in [0.4, 0.5) is 0 Å². The van der Waals surface area contributed by atoms with Crippen LogP contribution >= 0.6 is 0 Å². The summed E-state index contributed by atoms with van der Waals surface area (Å²) < 4.78 is 31.9. The molecule has 7 nitrogen and oxygen atoms in total. The Morgan fingerprint density at radius 2 is 1.88 bits per heavy atom. The molecule has 1 fully saturated rings. The molecule has 1 aromatic rings. The van der Waals surface area contributed by atoms with E-state index in [1.165, 1.54) is 16.4 Å². The maximum Gasteiger partial charge on any atom is 0.340 e. The molecule has 1 aromatic carbocycles. The average Bonchev–Trinajstić information content (AvgIpc) is 2.65. The Balaban J connectivity index is 2.15. The Bertz CT molecular complexity index is 776. The van der Waals surface area contributed by atoms with E-state index in [2.05, 4.69) is 11.2 Å². The summed E-state index contributed by atoms with van der Waals surface area (Å²) in [6.07, 6.45) is 7.59. The second-order valence-electron chi connectivity index (χ2n) is 5.52. The normalized spacial score (nSPS) is 15.2. The van der Waals surface area contributed by atoms with Crippen LogP contribution in [0.25, 0.3) is 0 Å². The van der Waals surface area contributed by atoms with Crippen LogP contribution in [0.3, 0.4) is 0 Å². The molecule has 2 rings (SSSR count). The molecular formula is C17H20N2O5S. The number of terminal acetylenes is 1. The summed E-state index contributed by atoms with van der Waals surface area (Å²) in [5.41, 5.74) is -0.0853. The number of nitrogens with zero attached hydrogens (tertiary/aromatic N) is 1. The molecule has 1 aliphatic rings. The van der Waals surface area contributed by atoms with Crippen molar-refractivity contribution in [3.8, 4) is 12.3 Å². The van der Waals surface area contributed by atoms with E-state index < -0.39 is 28.5 Å². The van der Waals surface area contributed by atoms with Crippen LogP contribution in [-0.4, -0.2) is 50.8 Å². The molecule has 0 saturated carbocycles. The van der Waals surface area contributed by atoms with Gasteiger partial charge in [-0.3, -0.25) is 4.79 Å². The Hall–Kier alpha value is -2.37. The second kappa shape index (κ2) is 8.65. The molecule has 1 aliphatic heterocycles. The summed E-state index contributed by atoms with van der Waals surface area (Å²) in [7, 11) is -3.79. The van der Waals surface area contributed by atoms with Gasteiger partial charge in [0.2, 0.25) is 10.0 Å². The summed E-state index contributed by atoms with van der Waals surface area (Å²) in [4.78, 5) is 23.6. The maximum atomic E-state index is 12.8. The second-order valence-corrected chi connectivity index (χ2v) is 7.42. The Morgan fingerprint density at radius 3 is 2.56 bits per heavy atom. The number of sulfonamides is 1. The maximum absolute atomic E-state index is 12.8. The molecule has 8 heteroatoms. The lowest BCUT2D eigenvalue weighted by molar-refractivity contribution is -0.123. The van der Waals surface area contributed by atoms with Crippen molar-refractivity contribution in [3.05, 3.63) is 29.8 Å². The lowest BCUT2D eigenvalue weighted by Gasteiger charge is -2.26.